The van der Waals surface area contributed by atoms with Crippen LogP contribution in [0.3, 0.4) is 0 Å². The van der Waals surface area contributed by atoms with Crippen molar-refractivity contribution in [2.75, 3.05) is 0 Å². The summed E-state index contributed by atoms with van der Waals surface area (Å²) in [6.07, 6.45) is 3.53. The highest BCUT2D eigenvalue weighted by molar-refractivity contribution is 5.95. The van der Waals surface area contributed by atoms with Gasteiger partial charge in [0.25, 0.3) is 5.91 Å². The third-order valence-corrected chi connectivity index (χ3v) is 6.80. The molecule has 40 heavy (non-hydrogen) atoms. The number of nitrogens with one attached hydrogen (secondary N) is 1. The van der Waals surface area contributed by atoms with Crippen molar-refractivity contribution in [3.63, 3.8) is 0 Å². The summed E-state index contributed by atoms with van der Waals surface area (Å²) < 4.78 is 20.5. The van der Waals surface area contributed by atoms with Gasteiger partial charge in [-0.15, -0.1) is 0 Å². The summed E-state index contributed by atoms with van der Waals surface area (Å²) in [5.41, 5.74) is 4.52. The third kappa shape index (κ3) is 6.35. The minimum absolute atomic E-state index is 0.0887. The van der Waals surface area contributed by atoms with Crippen LogP contribution in [0.25, 0.3) is 5.65 Å². The van der Waals surface area contributed by atoms with Gasteiger partial charge in [0.15, 0.2) is 0 Å². The molecule has 0 spiro atoms. The van der Waals surface area contributed by atoms with Gasteiger partial charge in [-0.2, -0.15) is 0 Å². The van der Waals surface area contributed by atoms with Gasteiger partial charge in [0, 0.05) is 24.7 Å². The van der Waals surface area contributed by atoms with Crippen LogP contribution in [0.4, 0.5) is 4.39 Å². The average molecular weight is 538 g/mol. The molecular formula is C32H28FN3O4. The number of hydrogen-bond donors (Lipinski definition) is 2. The zero-order chi connectivity index (χ0) is 28.1. The maximum atomic E-state index is 13.1. The molecule has 0 aliphatic carbocycles. The van der Waals surface area contributed by atoms with Crippen molar-refractivity contribution in [3.8, 4) is 5.75 Å². The summed E-state index contributed by atoms with van der Waals surface area (Å²) in [5, 5.41) is 12.4. The van der Waals surface area contributed by atoms with Crippen molar-refractivity contribution < 1.29 is 23.8 Å². The van der Waals surface area contributed by atoms with Crippen LogP contribution in [0.15, 0.2) is 103 Å². The predicted molar refractivity (Wildman–Crippen MR) is 149 cm³/mol. The molecule has 0 saturated carbocycles. The number of rotatable bonds is 10. The number of pyridine rings is 1. The number of nitrogens with zero attached hydrogens (tertiary/aromatic N) is 2. The number of carbonyl (C=O) groups excluding carboxylic acids is 1. The van der Waals surface area contributed by atoms with Crippen molar-refractivity contribution in [2.24, 2.45) is 0 Å². The molecule has 0 fully saturated rings. The topological polar surface area (TPSA) is 92.9 Å². The van der Waals surface area contributed by atoms with Gasteiger partial charge in [-0.25, -0.2) is 14.2 Å². The highest BCUT2D eigenvalue weighted by Crippen LogP contribution is 2.25. The molecule has 0 bridgehead atoms. The molecule has 7 nitrogen and oxygen atoms in total. The Morgan fingerprint density at radius 1 is 0.950 bits per heavy atom. The fourth-order valence-electron chi connectivity index (χ4n) is 4.45. The summed E-state index contributed by atoms with van der Waals surface area (Å²) in [6, 6.07) is 25.9. The van der Waals surface area contributed by atoms with Crippen LogP contribution in [0.2, 0.25) is 0 Å². The number of amides is 1. The summed E-state index contributed by atoms with van der Waals surface area (Å²) in [5.74, 6) is -1.27. The van der Waals surface area contributed by atoms with E-state index in [0.29, 0.717) is 11.4 Å². The van der Waals surface area contributed by atoms with Crippen LogP contribution < -0.4 is 10.1 Å². The second kappa shape index (κ2) is 11.8. The lowest BCUT2D eigenvalue weighted by Gasteiger charge is -2.14. The zero-order valence-corrected chi connectivity index (χ0v) is 21.8. The number of aliphatic carboxylic acids is 1. The molecular weight excluding hydrogens is 509 g/mol. The number of carboxylic acid groups (broad SMARTS) is 1. The molecule has 2 aromatic heterocycles. The highest BCUT2D eigenvalue weighted by atomic mass is 19.1. The van der Waals surface area contributed by atoms with Crippen LogP contribution >= 0.6 is 0 Å². The predicted octanol–water partition coefficient (Wildman–Crippen LogP) is 5.63. The van der Waals surface area contributed by atoms with Gasteiger partial charge >= 0.3 is 5.97 Å². The van der Waals surface area contributed by atoms with E-state index in [2.05, 4.69) is 29.4 Å². The van der Waals surface area contributed by atoms with E-state index in [1.807, 2.05) is 36.5 Å². The first kappa shape index (κ1) is 26.6. The minimum atomic E-state index is -1.15. The molecule has 8 heteroatoms. The van der Waals surface area contributed by atoms with Crippen molar-refractivity contribution >= 4 is 17.5 Å². The Kier molecular flexibility index (Phi) is 7.87. The van der Waals surface area contributed by atoms with Crippen molar-refractivity contribution in [3.05, 3.63) is 137 Å². The lowest BCUT2D eigenvalue weighted by atomic mass is 9.94. The van der Waals surface area contributed by atoms with Crippen LogP contribution in [0.5, 0.6) is 5.75 Å². The van der Waals surface area contributed by atoms with Gasteiger partial charge in [0.2, 0.25) is 0 Å². The number of carboxylic acids is 1. The standard InChI is InChI=1S/C32H28FN3O4/c1-21(24-5-3-2-4-6-24)25-15-16-36-19-29(34-30(36)18-25)31(37)35-28(32(38)39)17-22-9-13-27(14-10-22)40-20-23-7-11-26(33)12-8-23/h2-16,18-19,21,28H,17,20H2,1H3,(H,35,37)(H,38,39). The minimum Gasteiger partial charge on any atom is -0.489 e. The van der Waals surface area contributed by atoms with E-state index in [1.54, 1.807) is 47.0 Å². The first-order valence-corrected chi connectivity index (χ1v) is 12.9. The molecule has 1 amide bonds. The molecule has 3 aromatic carbocycles. The number of aromatic nitrogens is 2. The molecule has 5 rings (SSSR count). The summed E-state index contributed by atoms with van der Waals surface area (Å²) in [7, 11) is 0. The Bertz CT molecular complexity index is 1620. The fraction of sp³-hybridized carbons (Fsp3) is 0.156. The van der Waals surface area contributed by atoms with E-state index in [1.165, 1.54) is 17.7 Å². The van der Waals surface area contributed by atoms with Crippen molar-refractivity contribution in [2.45, 2.75) is 31.9 Å². The lowest BCUT2D eigenvalue weighted by Crippen LogP contribution is -2.42. The van der Waals surface area contributed by atoms with E-state index in [0.717, 1.165) is 16.7 Å². The van der Waals surface area contributed by atoms with Crippen molar-refractivity contribution in [1.82, 2.24) is 14.7 Å². The van der Waals surface area contributed by atoms with E-state index in [9.17, 15) is 19.1 Å². The van der Waals surface area contributed by atoms with E-state index in [-0.39, 0.29) is 30.5 Å². The molecule has 2 N–H and O–H groups in total. The smallest absolute Gasteiger partial charge is 0.326 e. The Morgan fingerprint density at radius 2 is 1.65 bits per heavy atom. The second-order valence-electron chi connectivity index (χ2n) is 9.61. The SMILES string of the molecule is CC(c1ccccc1)c1ccn2cc(C(=O)NC(Cc3ccc(OCc4ccc(F)cc4)cc3)C(=O)O)nc2c1. The van der Waals surface area contributed by atoms with Crippen LogP contribution in [0, 0.1) is 5.82 Å². The van der Waals surface area contributed by atoms with E-state index in [4.69, 9.17) is 4.74 Å². The van der Waals surface area contributed by atoms with Gasteiger partial charge < -0.3 is 19.6 Å². The van der Waals surface area contributed by atoms with Crippen LogP contribution in [0.1, 0.15) is 45.6 Å². The molecule has 0 aliphatic rings. The van der Waals surface area contributed by atoms with E-state index >= 15 is 0 Å². The number of benzene rings is 3. The fourth-order valence-corrected chi connectivity index (χ4v) is 4.45. The molecule has 2 atom stereocenters. The summed E-state index contributed by atoms with van der Waals surface area (Å²) in [4.78, 5) is 29.4. The van der Waals surface area contributed by atoms with Gasteiger partial charge in [-0.3, -0.25) is 4.79 Å². The maximum Gasteiger partial charge on any atom is 0.326 e. The van der Waals surface area contributed by atoms with E-state index < -0.39 is 17.9 Å². The molecule has 0 radical (unpaired) electrons. The highest BCUT2D eigenvalue weighted by Gasteiger charge is 2.23. The molecule has 202 valence electrons. The van der Waals surface area contributed by atoms with Crippen molar-refractivity contribution in [1.29, 1.82) is 0 Å². The maximum absolute atomic E-state index is 13.1. The average Bonchev–Trinajstić information content (AvgIpc) is 3.41. The number of carbonyl (C=O) groups is 2. The van der Waals surface area contributed by atoms with Gasteiger partial charge in [0.05, 0.1) is 0 Å². The quantitative estimate of drug-likeness (QED) is 0.241. The largest absolute Gasteiger partial charge is 0.489 e. The Balaban J connectivity index is 1.22. The lowest BCUT2D eigenvalue weighted by molar-refractivity contribution is -0.139. The number of imidazole rings is 1. The number of hydrogen-bond acceptors (Lipinski definition) is 4. The summed E-state index contributed by atoms with van der Waals surface area (Å²) >= 11 is 0. The zero-order valence-electron chi connectivity index (χ0n) is 21.8. The molecule has 0 aliphatic heterocycles. The Labute approximate surface area is 230 Å². The van der Waals surface area contributed by atoms with Crippen LogP contribution in [-0.2, 0) is 17.8 Å². The first-order valence-electron chi connectivity index (χ1n) is 12.9. The Morgan fingerprint density at radius 3 is 2.35 bits per heavy atom. The van der Waals surface area contributed by atoms with Gasteiger partial charge in [-0.05, 0) is 58.7 Å². The molecule has 2 heterocycles. The number of fused-ring (bicyclic) bond motifs is 1. The number of ether oxygens (including phenoxy) is 1. The Hall–Kier alpha value is -4.98. The molecule has 0 saturated heterocycles. The monoisotopic (exact) mass is 537 g/mol. The number of halogens is 1. The van der Waals surface area contributed by atoms with Gasteiger partial charge in [-0.1, -0.05) is 61.5 Å². The second-order valence-corrected chi connectivity index (χ2v) is 9.61. The van der Waals surface area contributed by atoms with Crippen LogP contribution in [-0.4, -0.2) is 32.4 Å². The normalized spacial score (nSPS) is 12.6. The molecule has 2 unspecified atom stereocenters. The van der Waals surface area contributed by atoms with Gasteiger partial charge in [0.1, 0.15) is 35.6 Å². The molecule has 5 aromatic rings. The summed E-state index contributed by atoms with van der Waals surface area (Å²) in [6.45, 7) is 2.39. The third-order valence-electron chi connectivity index (χ3n) is 6.80. The first-order chi connectivity index (χ1) is 19.4.